The Kier molecular flexibility index (Phi) is 24.2. The molecule has 0 radical (unpaired) electrons. The Balaban J connectivity index is 0.762. The number of aliphatic hydroxyl groups excluding tert-OH is 2. The Morgan fingerprint density at radius 2 is 1.32 bits per heavy atom. The first-order chi connectivity index (χ1) is 50.6. The summed E-state index contributed by atoms with van der Waals surface area (Å²) in [6.07, 6.45) is -1.26. The van der Waals surface area contributed by atoms with Gasteiger partial charge in [-0.15, -0.1) is 0 Å². The second-order valence-electron chi connectivity index (χ2n) is 27.0. The number of ketones is 3. The minimum atomic E-state index is -1.43. The van der Waals surface area contributed by atoms with E-state index in [1.54, 1.807) is 31.4 Å². The molecule has 0 spiro atoms. The maximum Gasteiger partial charge on any atom is 0.407 e. The van der Waals surface area contributed by atoms with E-state index < -0.39 is 124 Å². The molecule has 1 saturated heterocycles. The lowest BCUT2D eigenvalue weighted by Crippen LogP contribution is -2.55. The Morgan fingerprint density at radius 3 is 1.97 bits per heavy atom. The first-order valence-corrected chi connectivity index (χ1v) is 35.2. The van der Waals surface area contributed by atoms with Gasteiger partial charge in [0.2, 0.25) is 23.5 Å². The molecule has 105 heavy (non-hydrogen) atoms. The van der Waals surface area contributed by atoms with Crippen molar-refractivity contribution >= 4 is 58.7 Å². The maximum atomic E-state index is 14.7. The van der Waals surface area contributed by atoms with Crippen LogP contribution in [0, 0.1) is 5.41 Å². The van der Waals surface area contributed by atoms with E-state index in [0.717, 1.165) is 27.2 Å². The van der Waals surface area contributed by atoms with E-state index >= 15 is 0 Å². The number of phenolic OH excluding ortho intramolecular Hbond substituents is 2. The van der Waals surface area contributed by atoms with E-state index in [-0.39, 0.29) is 91.5 Å². The van der Waals surface area contributed by atoms with Crippen LogP contribution in [0.25, 0.3) is 0 Å². The number of methoxy groups -OCH3 is 2. The molecule has 24 heteroatoms. The number of carbonyl (C=O) groups excluding carboxylic acids is 9. The summed E-state index contributed by atoms with van der Waals surface area (Å²) in [6, 6.07) is 44.8. The molecule has 0 aromatic heterocycles. The van der Waals surface area contributed by atoms with E-state index in [0.29, 0.717) is 55.6 Å². The van der Waals surface area contributed by atoms with Gasteiger partial charge in [0.05, 0.1) is 54.7 Å². The Morgan fingerprint density at radius 1 is 0.676 bits per heavy atom. The molecule has 7 aromatic rings. The fourth-order valence-electron chi connectivity index (χ4n) is 14.4. The third-order valence-electron chi connectivity index (χ3n) is 20.0. The van der Waals surface area contributed by atoms with Crippen LogP contribution in [0.2, 0.25) is 0 Å². The molecule has 8 atom stereocenters. The summed E-state index contributed by atoms with van der Waals surface area (Å²) in [5.74, 6) is -5.05. The largest absolute Gasteiger partial charge is 0.507 e. The van der Waals surface area contributed by atoms with E-state index in [4.69, 9.17) is 23.7 Å². The first kappa shape index (κ1) is 75.3. The Labute approximate surface area is 607 Å². The minimum absolute atomic E-state index is 0.0567. The van der Waals surface area contributed by atoms with Crippen molar-refractivity contribution in [3.05, 3.63) is 231 Å². The Bertz CT molecular complexity index is 4330. The van der Waals surface area contributed by atoms with Gasteiger partial charge in [0.25, 0.3) is 11.8 Å². The number of nitrogens with one attached hydrogen (secondary N) is 5. The average Bonchev–Trinajstić information content (AvgIpc) is 1.43. The number of ether oxygens (including phenoxy) is 5. The number of unbranched alkanes of at least 4 members (excludes halogenated alkanes) is 3. The van der Waals surface area contributed by atoms with Crippen LogP contribution in [-0.2, 0) is 68.0 Å². The van der Waals surface area contributed by atoms with Gasteiger partial charge in [0.15, 0.2) is 17.9 Å². The van der Waals surface area contributed by atoms with Gasteiger partial charge in [0, 0.05) is 65.8 Å². The molecule has 0 unspecified atom stereocenters. The molecule has 2 aliphatic heterocycles. The number of alkyl carbamates (subject to hydrolysis) is 1. The van der Waals surface area contributed by atoms with Crippen molar-refractivity contribution < 1.29 is 87.3 Å². The highest BCUT2D eigenvalue weighted by Gasteiger charge is 2.50. The standard InChI is InChI=1S/C81H86N6O18/c1-48-72(93)59(43-67(104-48)105-62-45-80(2,63(89)46-88)44-57-69(62)76(97)71-70(74(57)95)73(94)56-26-19-28-61(102-4)68(56)75(71)96)86-79(100)103-47-50-30-34-54(35-31-50)83-77(98)58(85-78(99)60(42-49-20-9-5-10-21-49)84-64(90)29-15-8-18-41-87-65(91)38-39-66(87)92)27-16-17-40-82-81(51-22-11-6-12-23-51,52-24-13-7-14-25-52)53-32-36-55(101-3)37-33-53/h5-7,9-14,19-26,28,30-39,48,58-60,62,67,72,82,88,93,95,97H,8,15-18,27,29,40-47H2,1-4H3,(H,83,98)(H,84,90)(H,85,99)(H,86,100)/t48-,58-,59-,60-,62-,67-,72+,80+/m0/s1. The number of rotatable bonds is 31. The lowest BCUT2D eigenvalue weighted by Gasteiger charge is -2.43. The molecule has 0 bridgehead atoms. The van der Waals surface area contributed by atoms with Crippen molar-refractivity contribution in [2.45, 2.75) is 139 Å². The molecular weight excluding hydrogens is 1340 g/mol. The zero-order valence-electron chi connectivity index (χ0n) is 58.8. The lowest BCUT2D eigenvalue weighted by atomic mass is 9.67. The molecule has 0 saturated carbocycles. The van der Waals surface area contributed by atoms with Crippen molar-refractivity contribution in [3.63, 3.8) is 0 Å². The van der Waals surface area contributed by atoms with Crippen LogP contribution in [0.1, 0.15) is 149 Å². The molecule has 548 valence electrons. The number of amides is 6. The van der Waals surface area contributed by atoms with Gasteiger partial charge < -0.3 is 65.4 Å². The fourth-order valence-corrected chi connectivity index (χ4v) is 14.4. The first-order valence-electron chi connectivity index (χ1n) is 35.2. The summed E-state index contributed by atoms with van der Waals surface area (Å²) < 4.78 is 29.2. The monoisotopic (exact) mass is 1430 g/mol. The average molecular weight is 1430 g/mol. The smallest absolute Gasteiger partial charge is 0.407 e. The van der Waals surface area contributed by atoms with E-state index in [2.05, 4.69) is 50.8 Å². The number of aliphatic hydroxyl groups is 2. The number of benzene rings is 7. The van der Waals surface area contributed by atoms with Crippen LogP contribution in [-0.4, -0.2) is 149 Å². The number of anilines is 1. The fraction of sp³-hybridized carbons (Fsp3) is 0.346. The molecule has 11 rings (SSSR count). The molecule has 7 aromatic carbocycles. The SMILES string of the molecule is COc1ccc(C(NCCCC[C@H](NC(=O)[C@H](Cc2ccccc2)NC(=O)CCCCCN2C(=O)C=CC2=O)C(=O)Nc2ccc(COC(=O)N[C@H]3C[C@H](O[C@H]4C[C@](C)(C(=O)CO)Cc5c(O)c6c(c(O)c54)C(=O)c4c(OC)cccc4C6=O)O[C@@H](C)[C@H]3O)cc2)(c2ccccc2)c2ccccc2)cc1. The molecular formula is C81H86N6O18. The van der Waals surface area contributed by atoms with Crippen LogP contribution in [0.4, 0.5) is 10.5 Å². The van der Waals surface area contributed by atoms with Gasteiger partial charge >= 0.3 is 6.09 Å². The van der Waals surface area contributed by atoms with E-state index in [1.165, 1.54) is 51.3 Å². The molecule has 6 amide bonds. The van der Waals surface area contributed by atoms with Crippen LogP contribution in [0.3, 0.4) is 0 Å². The molecule has 9 N–H and O–H groups in total. The number of phenols is 2. The van der Waals surface area contributed by atoms with Gasteiger partial charge in [-0.25, -0.2) is 4.79 Å². The van der Waals surface area contributed by atoms with Crippen molar-refractivity contribution in [2.24, 2.45) is 5.41 Å². The number of aromatic hydroxyl groups is 2. The molecule has 2 heterocycles. The second kappa shape index (κ2) is 33.7. The van der Waals surface area contributed by atoms with Crippen LogP contribution in [0.15, 0.2) is 170 Å². The van der Waals surface area contributed by atoms with Crippen molar-refractivity contribution in [1.82, 2.24) is 26.2 Å². The van der Waals surface area contributed by atoms with E-state index in [9.17, 15) is 63.6 Å². The zero-order valence-corrected chi connectivity index (χ0v) is 58.8. The quantitative estimate of drug-likeness (QED) is 0.00849. The molecule has 2 aliphatic carbocycles. The third-order valence-corrected chi connectivity index (χ3v) is 20.0. The number of nitrogens with zero attached hydrogens (tertiary/aromatic N) is 1. The molecule has 1 fully saturated rings. The van der Waals surface area contributed by atoms with Crippen molar-refractivity contribution in [2.75, 3.05) is 39.2 Å². The summed E-state index contributed by atoms with van der Waals surface area (Å²) in [7, 11) is 2.93. The normalized spacial score (nSPS) is 19.5. The topological polar surface area (TPSA) is 344 Å². The molecule has 24 nitrogen and oxygen atoms in total. The van der Waals surface area contributed by atoms with Crippen molar-refractivity contribution in [1.29, 1.82) is 0 Å². The number of fused-ring (bicyclic) bond motifs is 3. The van der Waals surface area contributed by atoms with Crippen LogP contribution >= 0.6 is 0 Å². The Hall–Kier alpha value is -10.9. The summed E-state index contributed by atoms with van der Waals surface area (Å²) in [4.78, 5) is 124. The second-order valence-corrected chi connectivity index (χ2v) is 27.0. The number of carbonyl (C=O) groups is 9. The third kappa shape index (κ3) is 16.9. The number of imide groups is 1. The number of hydrogen-bond acceptors (Lipinski definition) is 19. The summed E-state index contributed by atoms with van der Waals surface area (Å²) >= 11 is 0. The predicted molar refractivity (Wildman–Crippen MR) is 385 cm³/mol. The van der Waals surface area contributed by atoms with Gasteiger partial charge in [-0.2, -0.15) is 0 Å². The van der Waals surface area contributed by atoms with E-state index in [1.807, 2.05) is 91.0 Å². The highest BCUT2D eigenvalue weighted by atomic mass is 16.7. The minimum Gasteiger partial charge on any atom is -0.507 e. The predicted octanol–water partition coefficient (Wildman–Crippen LogP) is 8.64. The van der Waals surface area contributed by atoms with Crippen molar-refractivity contribution in [3.8, 4) is 23.0 Å². The van der Waals surface area contributed by atoms with Gasteiger partial charge in [-0.3, -0.25) is 48.6 Å². The van der Waals surface area contributed by atoms with Gasteiger partial charge in [-0.1, -0.05) is 141 Å². The summed E-state index contributed by atoms with van der Waals surface area (Å²) in [5, 5.41) is 61.0. The zero-order chi connectivity index (χ0) is 74.5. The maximum absolute atomic E-state index is 14.7. The number of Topliss-reactive ketones (excluding diaryl/α,β-unsaturated/α-hetero) is 1. The van der Waals surface area contributed by atoms with Crippen LogP contribution < -0.4 is 36.1 Å². The lowest BCUT2D eigenvalue weighted by molar-refractivity contribution is -0.247. The molecule has 4 aliphatic rings. The number of hydrogen-bond donors (Lipinski definition) is 9. The summed E-state index contributed by atoms with van der Waals surface area (Å²) in [6.45, 7) is 2.60. The highest BCUT2D eigenvalue weighted by Crippen LogP contribution is 2.55. The van der Waals surface area contributed by atoms with Gasteiger partial charge in [-0.05, 0) is 117 Å². The van der Waals surface area contributed by atoms with Crippen LogP contribution in [0.5, 0.6) is 23.0 Å². The van der Waals surface area contributed by atoms with Gasteiger partial charge in [0.1, 0.15) is 54.4 Å². The summed E-state index contributed by atoms with van der Waals surface area (Å²) in [5.41, 5.74) is 1.02. The highest BCUT2D eigenvalue weighted by molar-refractivity contribution is 6.31.